The summed E-state index contributed by atoms with van der Waals surface area (Å²) in [7, 11) is 1.80. The third-order valence-corrected chi connectivity index (χ3v) is 4.30. The molecule has 1 aliphatic heterocycles. The highest BCUT2D eigenvalue weighted by atomic mass is 16.6. The fraction of sp³-hybridized carbons (Fsp3) is 0.778. The third-order valence-electron chi connectivity index (χ3n) is 4.30. The van der Waals surface area contributed by atoms with Crippen LogP contribution < -0.4 is 10.6 Å². The van der Waals surface area contributed by atoms with Gasteiger partial charge in [-0.1, -0.05) is 12.2 Å². The molecule has 1 amide bonds. The van der Waals surface area contributed by atoms with E-state index in [1.165, 1.54) is 0 Å². The van der Waals surface area contributed by atoms with Crippen molar-refractivity contribution < 1.29 is 9.53 Å². The largest absolute Gasteiger partial charge is 0.444 e. The van der Waals surface area contributed by atoms with Gasteiger partial charge in [0.25, 0.3) is 0 Å². The summed E-state index contributed by atoms with van der Waals surface area (Å²) in [5.41, 5.74) is -0.441. The van der Waals surface area contributed by atoms with E-state index < -0.39 is 5.60 Å². The van der Waals surface area contributed by atoms with Crippen molar-refractivity contribution in [2.24, 2.45) is 10.9 Å². The van der Waals surface area contributed by atoms with E-state index in [-0.39, 0.29) is 6.09 Å². The van der Waals surface area contributed by atoms with Crippen molar-refractivity contribution in [1.82, 2.24) is 15.5 Å². The molecule has 1 heterocycles. The fourth-order valence-electron chi connectivity index (χ4n) is 3.09. The number of hydrogen-bond donors (Lipinski definition) is 2. The summed E-state index contributed by atoms with van der Waals surface area (Å²) in [4.78, 5) is 18.4. The monoisotopic (exact) mass is 336 g/mol. The number of guanidine groups is 1. The van der Waals surface area contributed by atoms with E-state index in [1.54, 1.807) is 7.05 Å². The van der Waals surface area contributed by atoms with Crippen LogP contribution in [0.5, 0.6) is 0 Å². The normalized spacial score (nSPS) is 22.6. The van der Waals surface area contributed by atoms with E-state index in [1.807, 2.05) is 25.7 Å². The number of ether oxygens (including phenoxy) is 1. The van der Waals surface area contributed by atoms with E-state index in [2.05, 4.69) is 27.8 Å². The summed E-state index contributed by atoms with van der Waals surface area (Å²) in [5.74, 6) is 1.27. The predicted molar refractivity (Wildman–Crippen MR) is 97.2 cm³/mol. The van der Waals surface area contributed by atoms with Crippen LogP contribution in [0.25, 0.3) is 0 Å². The number of aliphatic imine (C=N–C) groups is 1. The third kappa shape index (κ3) is 6.06. The average Bonchev–Trinajstić information content (AvgIpc) is 3.03. The number of amides is 1. The summed E-state index contributed by atoms with van der Waals surface area (Å²) in [5, 5.41) is 6.85. The number of carbonyl (C=O) groups is 1. The fourth-order valence-corrected chi connectivity index (χ4v) is 3.09. The Hall–Kier alpha value is -1.72. The number of nitrogens with zero attached hydrogens (tertiary/aromatic N) is 2. The van der Waals surface area contributed by atoms with Gasteiger partial charge in [0.2, 0.25) is 0 Å². The van der Waals surface area contributed by atoms with Crippen LogP contribution in [-0.2, 0) is 4.74 Å². The lowest BCUT2D eigenvalue weighted by molar-refractivity contribution is 0.0168. The highest BCUT2D eigenvalue weighted by Gasteiger charge is 2.27. The quantitative estimate of drug-likeness (QED) is 0.472. The Labute approximate surface area is 145 Å². The van der Waals surface area contributed by atoms with Crippen LogP contribution in [0.15, 0.2) is 17.1 Å². The molecule has 0 radical (unpaired) electrons. The molecule has 0 spiro atoms. The first-order valence-corrected chi connectivity index (χ1v) is 8.97. The van der Waals surface area contributed by atoms with Crippen molar-refractivity contribution in [3.63, 3.8) is 0 Å². The van der Waals surface area contributed by atoms with E-state index in [0.717, 1.165) is 51.3 Å². The van der Waals surface area contributed by atoms with Crippen molar-refractivity contribution in [3.05, 3.63) is 12.2 Å². The molecule has 0 saturated carbocycles. The zero-order valence-corrected chi connectivity index (χ0v) is 15.5. The Kier molecular flexibility index (Phi) is 6.52. The Morgan fingerprint density at radius 3 is 2.67 bits per heavy atom. The molecule has 6 heteroatoms. The standard InChI is InChI=1S/C18H32N4O2/c1-18(2,3)24-17(23)22-11-7-8-14(13-22)12-20-16(19-4)21-15-9-5-6-10-15/h5-6,14-15H,7-13H2,1-4H3,(H2,19,20,21). The molecule has 1 unspecified atom stereocenters. The van der Waals surface area contributed by atoms with Gasteiger partial charge in [-0.3, -0.25) is 4.99 Å². The lowest BCUT2D eigenvalue weighted by atomic mass is 9.98. The number of rotatable bonds is 3. The van der Waals surface area contributed by atoms with Crippen LogP contribution in [0, 0.1) is 5.92 Å². The van der Waals surface area contributed by atoms with Crippen molar-refractivity contribution in [1.29, 1.82) is 0 Å². The van der Waals surface area contributed by atoms with Crippen LogP contribution >= 0.6 is 0 Å². The number of likely N-dealkylation sites (tertiary alicyclic amines) is 1. The molecule has 24 heavy (non-hydrogen) atoms. The highest BCUT2D eigenvalue weighted by Crippen LogP contribution is 2.19. The van der Waals surface area contributed by atoms with Crippen molar-refractivity contribution in [3.8, 4) is 0 Å². The van der Waals surface area contributed by atoms with Gasteiger partial charge in [-0.25, -0.2) is 4.79 Å². The van der Waals surface area contributed by atoms with Gasteiger partial charge < -0.3 is 20.3 Å². The maximum absolute atomic E-state index is 12.2. The Balaban J connectivity index is 1.76. The minimum atomic E-state index is -0.441. The second-order valence-corrected chi connectivity index (χ2v) is 7.67. The molecule has 2 N–H and O–H groups in total. The zero-order chi connectivity index (χ0) is 17.6. The van der Waals surface area contributed by atoms with Crippen molar-refractivity contribution in [2.45, 2.75) is 58.1 Å². The van der Waals surface area contributed by atoms with Crippen LogP contribution in [0.3, 0.4) is 0 Å². The molecule has 6 nitrogen and oxygen atoms in total. The van der Waals surface area contributed by atoms with E-state index >= 15 is 0 Å². The molecule has 1 atom stereocenters. The summed E-state index contributed by atoms with van der Waals surface area (Å²) in [6.45, 7) is 8.05. The average molecular weight is 336 g/mol. The van der Waals surface area contributed by atoms with E-state index in [9.17, 15) is 4.79 Å². The van der Waals surface area contributed by atoms with Crippen LogP contribution in [0.2, 0.25) is 0 Å². The van der Waals surface area contributed by atoms with Crippen molar-refractivity contribution >= 4 is 12.1 Å². The summed E-state index contributed by atoms with van der Waals surface area (Å²) in [6.07, 6.45) is 8.44. The van der Waals surface area contributed by atoms with Gasteiger partial charge in [0.1, 0.15) is 5.60 Å². The van der Waals surface area contributed by atoms with Crippen molar-refractivity contribution in [2.75, 3.05) is 26.7 Å². The van der Waals surface area contributed by atoms with Gasteiger partial charge in [-0.05, 0) is 52.4 Å². The molecular weight excluding hydrogens is 304 g/mol. The number of piperidine rings is 1. The van der Waals surface area contributed by atoms with Gasteiger partial charge in [0.15, 0.2) is 5.96 Å². The SMILES string of the molecule is CN=C(NCC1CCCN(C(=O)OC(C)(C)C)C1)NC1CC=CC1. The predicted octanol–water partition coefficient (Wildman–Crippen LogP) is 2.52. The molecular formula is C18H32N4O2. The first-order valence-electron chi connectivity index (χ1n) is 8.97. The van der Waals surface area contributed by atoms with Gasteiger partial charge in [0.05, 0.1) is 0 Å². The minimum Gasteiger partial charge on any atom is -0.444 e. The molecule has 0 aromatic carbocycles. The molecule has 0 aromatic heterocycles. The molecule has 0 bridgehead atoms. The van der Waals surface area contributed by atoms with Gasteiger partial charge in [-0.15, -0.1) is 0 Å². The molecule has 2 aliphatic rings. The second-order valence-electron chi connectivity index (χ2n) is 7.67. The first kappa shape index (κ1) is 18.6. The van der Waals surface area contributed by atoms with Crippen LogP contribution in [-0.4, -0.2) is 55.3 Å². The van der Waals surface area contributed by atoms with Gasteiger partial charge in [-0.2, -0.15) is 0 Å². The molecule has 1 aliphatic carbocycles. The van der Waals surface area contributed by atoms with Crippen LogP contribution in [0.1, 0.15) is 46.5 Å². The molecule has 1 fully saturated rings. The summed E-state index contributed by atoms with van der Waals surface area (Å²) < 4.78 is 5.48. The topological polar surface area (TPSA) is 66.0 Å². The zero-order valence-electron chi connectivity index (χ0n) is 15.5. The number of hydrogen-bond acceptors (Lipinski definition) is 3. The molecule has 1 saturated heterocycles. The maximum Gasteiger partial charge on any atom is 0.410 e. The first-order chi connectivity index (χ1) is 11.4. The van der Waals surface area contributed by atoms with Crippen LogP contribution in [0.4, 0.5) is 4.79 Å². The molecule has 136 valence electrons. The maximum atomic E-state index is 12.2. The van der Waals surface area contributed by atoms with E-state index in [0.29, 0.717) is 12.0 Å². The molecule has 2 rings (SSSR count). The smallest absolute Gasteiger partial charge is 0.410 e. The van der Waals surface area contributed by atoms with Gasteiger partial charge in [0, 0.05) is 32.7 Å². The lowest BCUT2D eigenvalue weighted by Gasteiger charge is -2.34. The minimum absolute atomic E-state index is 0.202. The Bertz CT molecular complexity index is 474. The van der Waals surface area contributed by atoms with Gasteiger partial charge >= 0.3 is 6.09 Å². The Morgan fingerprint density at radius 1 is 1.33 bits per heavy atom. The molecule has 0 aromatic rings. The summed E-state index contributed by atoms with van der Waals surface area (Å²) >= 11 is 0. The number of carbonyl (C=O) groups excluding carboxylic acids is 1. The number of nitrogens with one attached hydrogen (secondary N) is 2. The van der Waals surface area contributed by atoms with E-state index in [4.69, 9.17) is 4.74 Å². The lowest BCUT2D eigenvalue weighted by Crippen LogP contribution is -2.48. The highest BCUT2D eigenvalue weighted by molar-refractivity contribution is 5.80. The summed E-state index contributed by atoms with van der Waals surface area (Å²) in [6, 6.07) is 0.445. The Morgan fingerprint density at radius 2 is 2.04 bits per heavy atom. The second kappa shape index (κ2) is 8.40.